The Morgan fingerprint density at radius 1 is 1.17 bits per heavy atom. The van der Waals surface area contributed by atoms with Gasteiger partial charge in [-0.15, -0.1) is 0 Å². The predicted octanol–water partition coefficient (Wildman–Crippen LogP) is 4.10. The van der Waals surface area contributed by atoms with Crippen molar-refractivity contribution in [1.29, 1.82) is 0 Å². The molecule has 0 spiro atoms. The molecule has 0 saturated carbocycles. The van der Waals surface area contributed by atoms with Gasteiger partial charge in [-0.1, -0.05) is 62.2 Å². The summed E-state index contributed by atoms with van der Waals surface area (Å²) in [7, 11) is 1.67. The number of methoxy groups -OCH3 is 1. The summed E-state index contributed by atoms with van der Waals surface area (Å²) in [5.41, 5.74) is 3.19. The van der Waals surface area contributed by atoms with Crippen molar-refractivity contribution in [1.82, 2.24) is 5.32 Å². The zero-order chi connectivity index (χ0) is 17.4. The summed E-state index contributed by atoms with van der Waals surface area (Å²) in [4.78, 5) is 11.3. The Hall–Kier alpha value is -2.33. The molecule has 0 heterocycles. The van der Waals surface area contributed by atoms with Gasteiger partial charge < -0.3 is 15.2 Å². The first-order chi connectivity index (χ1) is 11.7. The normalized spacial score (nSPS) is 11.9. The molecule has 0 fully saturated rings. The number of aliphatic carboxylic acids is 1. The zero-order valence-electron chi connectivity index (χ0n) is 14.3. The van der Waals surface area contributed by atoms with Crippen LogP contribution >= 0.6 is 0 Å². The van der Waals surface area contributed by atoms with Crippen molar-refractivity contribution in [2.75, 3.05) is 7.11 Å². The van der Waals surface area contributed by atoms with Gasteiger partial charge in [0.1, 0.15) is 11.8 Å². The highest BCUT2D eigenvalue weighted by Crippen LogP contribution is 2.29. The van der Waals surface area contributed by atoms with E-state index in [9.17, 15) is 9.90 Å². The second-order valence-electron chi connectivity index (χ2n) is 5.81. The number of ether oxygens (including phenoxy) is 1. The number of carbonyl (C=O) groups is 1. The van der Waals surface area contributed by atoms with E-state index in [1.165, 1.54) is 0 Å². The Morgan fingerprint density at radius 2 is 1.88 bits per heavy atom. The number of hydrogen-bond acceptors (Lipinski definition) is 3. The van der Waals surface area contributed by atoms with Crippen molar-refractivity contribution in [3.8, 4) is 16.9 Å². The lowest BCUT2D eigenvalue weighted by molar-refractivity contribution is -0.139. The van der Waals surface area contributed by atoms with Crippen molar-refractivity contribution < 1.29 is 14.6 Å². The topological polar surface area (TPSA) is 58.6 Å². The molecule has 2 aromatic carbocycles. The molecule has 0 aliphatic rings. The van der Waals surface area contributed by atoms with Gasteiger partial charge in [0.2, 0.25) is 0 Å². The number of rotatable bonds is 9. The van der Waals surface area contributed by atoms with Gasteiger partial charge >= 0.3 is 5.97 Å². The Bertz CT molecular complexity index is 652. The quantitative estimate of drug-likeness (QED) is 0.728. The van der Waals surface area contributed by atoms with Crippen molar-refractivity contribution in [3.63, 3.8) is 0 Å². The van der Waals surface area contributed by atoms with Crippen LogP contribution in [0.5, 0.6) is 5.75 Å². The van der Waals surface area contributed by atoms with Gasteiger partial charge in [-0.2, -0.15) is 0 Å². The third-order valence-corrected chi connectivity index (χ3v) is 4.07. The molecule has 0 bridgehead atoms. The third kappa shape index (κ3) is 4.83. The molecule has 0 aliphatic carbocycles. The van der Waals surface area contributed by atoms with E-state index in [1.807, 2.05) is 48.5 Å². The number of carboxylic acid groups (broad SMARTS) is 1. The van der Waals surface area contributed by atoms with Gasteiger partial charge in [0.05, 0.1) is 7.11 Å². The van der Waals surface area contributed by atoms with E-state index in [4.69, 9.17) is 4.74 Å². The van der Waals surface area contributed by atoms with E-state index in [1.54, 1.807) is 7.11 Å². The average Bonchev–Trinajstić information content (AvgIpc) is 2.62. The van der Waals surface area contributed by atoms with Crippen LogP contribution in [0.1, 0.15) is 31.7 Å². The molecular formula is C20H25NO3. The molecule has 2 N–H and O–H groups in total. The van der Waals surface area contributed by atoms with E-state index in [2.05, 4.69) is 12.2 Å². The molecule has 0 aliphatic heterocycles. The van der Waals surface area contributed by atoms with E-state index in [0.717, 1.165) is 35.3 Å². The molecule has 0 saturated heterocycles. The summed E-state index contributed by atoms with van der Waals surface area (Å²) in [6, 6.07) is 15.5. The third-order valence-electron chi connectivity index (χ3n) is 4.07. The first kappa shape index (κ1) is 18.0. The molecule has 24 heavy (non-hydrogen) atoms. The molecule has 0 aromatic heterocycles. The highest BCUT2D eigenvalue weighted by molar-refractivity contribution is 5.73. The molecule has 2 rings (SSSR count). The Balaban J connectivity index is 2.02. The Kier molecular flexibility index (Phi) is 6.82. The maximum atomic E-state index is 11.3. The predicted molar refractivity (Wildman–Crippen MR) is 96.2 cm³/mol. The summed E-state index contributed by atoms with van der Waals surface area (Å²) in [6.45, 7) is 2.61. The van der Waals surface area contributed by atoms with Crippen LogP contribution in [0, 0.1) is 0 Å². The van der Waals surface area contributed by atoms with Crippen molar-refractivity contribution >= 4 is 5.97 Å². The van der Waals surface area contributed by atoms with Crippen molar-refractivity contribution in [2.45, 2.75) is 38.8 Å². The van der Waals surface area contributed by atoms with E-state index in [0.29, 0.717) is 13.0 Å². The van der Waals surface area contributed by atoms with Crippen LogP contribution in [0.3, 0.4) is 0 Å². The molecule has 4 nitrogen and oxygen atoms in total. The van der Waals surface area contributed by atoms with Crippen LogP contribution in [0.25, 0.3) is 11.1 Å². The molecule has 1 unspecified atom stereocenters. The standard InChI is InChI=1S/C20H25NO3/c1-3-4-8-18(20(22)23)21-14-15-10-12-16(13-11-15)17-7-5-6-9-19(17)24-2/h5-7,9-13,18,21H,3-4,8,14H2,1-2H3,(H,22,23). The SMILES string of the molecule is CCCCC(NCc1ccc(-c2ccccc2OC)cc1)C(=O)O. The number of carboxylic acids is 1. The fourth-order valence-electron chi connectivity index (χ4n) is 2.65. The van der Waals surface area contributed by atoms with Gasteiger partial charge in [0.25, 0.3) is 0 Å². The second-order valence-corrected chi connectivity index (χ2v) is 5.81. The van der Waals surface area contributed by atoms with Gasteiger partial charge in [0, 0.05) is 12.1 Å². The Morgan fingerprint density at radius 3 is 2.50 bits per heavy atom. The minimum atomic E-state index is -0.783. The summed E-state index contributed by atoms with van der Waals surface area (Å²) in [5.74, 6) is 0.0583. The maximum Gasteiger partial charge on any atom is 0.320 e. The lowest BCUT2D eigenvalue weighted by atomic mass is 10.0. The van der Waals surface area contributed by atoms with Crippen LogP contribution in [-0.2, 0) is 11.3 Å². The van der Waals surface area contributed by atoms with Crippen LogP contribution in [-0.4, -0.2) is 24.2 Å². The second kappa shape index (κ2) is 9.08. The fourth-order valence-corrected chi connectivity index (χ4v) is 2.65. The lowest BCUT2D eigenvalue weighted by Crippen LogP contribution is -2.36. The highest BCUT2D eigenvalue weighted by atomic mass is 16.5. The van der Waals surface area contributed by atoms with Crippen molar-refractivity contribution in [2.24, 2.45) is 0 Å². The van der Waals surface area contributed by atoms with E-state index < -0.39 is 12.0 Å². The first-order valence-electron chi connectivity index (χ1n) is 8.34. The molecular weight excluding hydrogens is 302 g/mol. The molecule has 2 aromatic rings. The zero-order valence-corrected chi connectivity index (χ0v) is 14.3. The maximum absolute atomic E-state index is 11.3. The lowest BCUT2D eigenvalue weighted by Gasteiger charge is -2.14. The minimum Gasteiger partial charge on any atom is -0.496 e. The molecule has 0 radical (unpaired) electrons. The monoisotopic (exact) mass is 327 g/mol. The van der Waals surface area contributed by atoms with Crippen LogP contribution in [0.4, 0.5) is 0 Å². The summed E-state index contributed by atoms with van der Waals surface area (Å²) >= 11 is 0. The highest BCUT2D eigenvalue weighted by Gasteiger charge is 2.15. The molecule has 4 heteroatoms. The number of para-hydroxylation sites is 1. The fraction of sp³-hybridized carbons (Fsp3) is 0.350. The largest absolute Gasteiger partial charge is 0.496 e. The summed E-state index contributed by atoms with van der Waals surface area (Å²) in [6.07, 6.45) is 2.57. The van der Waals surface area contributed by atoms with Gasteiger partial charge in [-0.25, -0.2) is 0 Å². The van der Waals surface area contributed by atoms with Crippen molar-refractivity contribution in [3.05, 3.63) is 54.1 Å². The Labute approximate surface area is 143 Å². The van der Waals surface area contributed by atoms with E-state index >= 15 is 0 Å². The smallest absolute Gasteiger partial charge is 0.320 e. The molecule has 128 valence electrons. The molecule has 0 amide bonds. The minimum absolute atomic E-state index is 0.487. The van der Waals surface area contributed by atoms with Crippen LogP contribution in [0.15, 0.2) is 48.5 Å². The van der Waals surface area contributed by atoms with Gasteiger partial charge in [0.15, 0.2) is 0 Å². The van der Waals surface area contributed by atoms with Gasteiger partial charge in [-0.05, 0) is 23.6 Å². The van der Waals surface area contributed by atoms with Crippen LogP contribution < -0.4 is 10.1 Å². The average molecular weight is 327 g/mol. The summed E-state index contributed by atoms with van der Waals surface area (Å²) in [5, 5.41) is 12.4. The van der Waals surface area contributed by atoms with Gasteiger partial charge in [-0.3, -0.25) is 4.79 Å². The number of unbranched alkanes of at least 4 members (excludes halogenated alkanes) is 1. The first-order valence-corrected chi connectivity index (χ1v) is 8.34. The number of benzene rings is 2. The van der Waals surface area contributed by atoms with Crippen LogP contribution in [0.2, 0.25) is 0 Å². The number of nitrogens with one attached hydrogen (secondary N) is 1. The number of hydrogen-bond donors (Lipinski definition) is 2. The van der Waals surface area contributed by atoms with E-state index in [-0.39, 0.29) is 0 Å². The molecule has 1 atom stereocenters. The summed E-state index contributed by atoms with van der Waals surface area (Å²) < 4.78 is 5.40.